The lowest BCUT2D eigenvalue weighted by Gasteiger charge is -2.17. The van der Waals surface area contributed by atoms with Gasteiger partial charge in [-0.2, -0.15) is 5.26 Å². The van der Waals surface area contributed by atoms with E-state index in [1.807, 2.05) is 18.2 Å². The Balaban J connectivity index is 2.26. The first-order valence-corrected chi connectivity index (χ1v) is 5.44. The summed E-state index contributed by atoms with van der Waals surface area (Å²) in [7, 11) is 0. The van der Waals surface area contributed by atoms with Crippen molar-refractivity contribution in [1.29, 1.82) is 5.26 Å². The van der Waals surface area contributed by atoms with E-state index in [-0.39, 0.29) is 5.92 Å². The predicted molar refractivity (Wildman–Crippen MR) is 58.5 cm³/mol. The van der Waals surface area contributed by atoms with Crippen LogP contribution >= 0.6 is 11.6 Å². The zero-order chi connectivity index (χ0) is 10.8. The maximum atomic E-state index is 9.95. The van der Waals surface area contributed by atoms with Crippen LogP contribution < -0.4 is 0 Å². The Labute approximate surface area is 94.1 Å². The molecule has 1 fully saturated rings. The fourth-order valence-electron chi connectivity index (χ4n) is 1.77. The van der Waals surface area contributed by atoms with Crippen molar-refractivity contribution in [3.8, 4) is 6.07 Å². The summed E-state index contributed by atoms with van der Waals surface area (Å²) in [5.74, 6) is -0.211. The Morgan fingerprint density at radius 1 is 1.40 bits per heavy atom. The second-order valence-electron chi connectivity index (χ2n) is 3.96. The lowest BCUT2D eigenvalue weighted by Crippen LogP contribution is -2.19. The van der Waals surface area contributed by atoms with Crippen molar-refractivity contribution >= 4 is 11.6 Å². The molecule has 0 aromatic heterocycles. The standard InChI is InChI=1S/C12H12ClNO/c13-11-4-2-1-3-9(11)10(7-14)12(15)8-5-6-8/h1-4,8,10,12,15H,5-6H2. The largest absolute Gasteiger partial charge is 0.391 e. The van der Waals surface area contributed by atoms with Crippen molar-refractivity contribution in [3.05, 3.63) is 34.9 Å². The minimum atomic E-state index is -0.574. The van der Waals surface area contributed by atoms with Crippen LogP contribution in [0, 0.1) is 17.2 Å². The second kappa shape index (κ2) is 4.22. The van der Waals surface area contributed by atoms with Crippen LogP contribution in [0.3, 0.4) is 0 Å². The van der Waals surface area contributed by atoms with E-state index >= 15 is 0 Å². The van der Waals surface area contributed by atoms with Crippen LogP contribution in [-0.2, 0) is 0 Å². The van der Waals surface area contributed by atoms with E-state index in [4.69, 9.17) is 16.9 Å². The average Bonchev–Trinajstić information content (AvgIpc) is 3.05. The number of aliphatic hydroxyl groups excluding tert-OH is 1. The molecule has 2 atom stereocenters. The highest BCUT2D eigenvalue weighted by molar-refractivity contribution is 6.31. The van der Waals surface area contributed by atoms with Crippen molar-refractivity contribution in [2.45, 2.75) is 24.9 Å². The maximum Gasteiger partial charge on any atom is 0.0988 e. The SMILES string of the molecule is N#CC(c1ccccc1Cl)C(O)C1CC1. The molecule has 0 spiro atoms. The Morgan fingerprint density at radius 2 is 2.07 bits per heavy atom. The number of benzene rings is 1. The Kier molecular flexibility index (Phi) is 2.95. The highest BCUT2D eigenvalue weighted by atomic mass is 35.5. The van der Waals surface area contributed by atoms with Crippen molar-refractivity contribution in [2.24, 2.45) is 5.92 Å². The quantitative estimate of drug-likeness (QED) is 0.853. The maximum absolute atomic E-state index is 9.95. The van der Waals surface area contributed by atoms with Crippen LogP contribution in [0.2, 0.25) is 5.02 Å². The van der Waals surface area contributed by atoms with Gasteiger partial charge in [-0.05, 0) is 30.4 Å². The molecule has 1 saturated carbocycles. The van der Waals surface area contributed by atoms with E-state index in [0.29, 0.717) is 5.02 Å². The predicted octanol–water partition coefficient (Wildman–Crippen LogP) is 2.72. The lowest BCUT2D eigenvalue weighted by atomic mass is 9.92. The first kappa shape index (κ1) is 10.5. The van der Waals surface area contributed by atoms with E-state index in [1.165, 1.54) is 0 Å². The molecule has 2 unspecified atom stereocenters. The smallest absolute Gasteiger partial charge is 0.0988 e. The molecule has 1 aliphatic carbocycles. The van der Waals surface area contributed by atoms with Gasteiger partial charge in [-0.1, -0.05) is 29.8 Å². The van der Waals surface area contributed by atoms with Crippen LogP contribution in [0.15, 0.2) is 24.3 Å². The van der Waals surface area contributed by atoms with E-state index < -0.39 is 12.0 Å². The summed E-state index contributed by atoms with van der Waals surface area (Å²) in [6, 6.07) is 9.37. The molecule has 0 saturated heterocycles. The van der Waals surface area contributed by atoms with Gasteiger partial charge in [0, 0.05) is 5.02 Å². The molecule has 0 amide bonds. The highest BCUT2D eigenvalue weighted by Crippen LogP contribution is 2.40. The number of nitrogens with zero attached hydrogens (tertiary/aromatic N) is 1. The lowest BCUT2D eigenvalue weighted by molar-refractivity contribution is 0.138. The van der Waals surface area contributed by atoms with E-state index in [2.05, 4.69) is 6.07 Å². The summed E-state index contributed by atoms with van der Waals surface area (Å²) < 4.78 is 0. The van der Waals surface area contributed by atoms with Crippen LogP contribution in [0.1, 0.15) is 24.3 Å². The molecule has 15 heavy (non-hydrogen) atoms. The molecule has 3 heteroatoms. The van der Waals surface area contributed by atoms with Gasteiger partial charge in [0.2, 0.25) is 0 Å². The monoisotopic (exact) mass is 221 g/mol. The molecular weight excluding hydrogens is 210 g/mol. The first-order valence-electron chi connectivity index (χ1n) is 5.06. The Bertz CT molecular complexity index is 395. The van der Waals surface area contributed by atoms with Crippen LogP contribution in [0.5, 0.6) is 0 Å². The van der Waals surface area contributed by atoms with Crippen molar-refractivity contribution < 1.29 is 5.11 Å². The van der Waals surface area contributed by atoms with Gasteiger partial charge in [0.1, 0.15) is 0 Å². The fraction of sp³-hybridized carbons (Fsp3) is 0.417. The molecule has 2 nitrogen and oxygen atoms in total. The molecule has 0 bridgehead atoms. The molecule has 0 aliphatic heterocycles. The molecule has 78 valence electrons. The van der Waals surface area contributed by atoms with E-state index in [0.717, 1.165) is 18.4 Å². The Morgan fingerprint density at radius 3 is 2.60 bits per heavy atom. The first-order chi connectivity index (χ1) is 7.24. The normalized spacial score (nSPS) is 19.3. The summed E-state index contributed by atoms with van der Waals surface area (Å²) in [5.41, 5.74) is 0.737. The zero-order valence-electron chi connectivity index (χ0n) is 8.23. The third kappa shape index (κ3) is 2.14. The average molecular weight is 222 g/mol. The molecule has 2 rings (SSSR count). The molecule has 1 aliphatic rings. The van der Waals surface area contributed by atoms with E-state index in [1.54, 1.807) is 6.07 Å². The van der Waals surface area contributed by atoms with Gasteiger partial charge in [0.25, 0.3) is 0 Å². The van der Waals surface area contributed by atoms with Gasteiger partial charge in [-0.15, -0.1) is 0 Å². The summed E-state index contributed by atoms with van der Waals surface area (Å²) >= 11 is 6.00. The molecule has 1 aromatic rings. The van der Waals surface area contributed by atoms with Crippen LogP contribution in [0.4, 0.5) is 0 Å². The number of rotatable bonds is 3. The Hall–Kier alpha value is -1.04. The van der Waals surface area contributed by atoms with Gasteiger partial charge in [0.05, 0.1) is 18.1 Å². The van der Waals surface area contributed by atoms with Crippen LogP contribution in [-0.4, -0.2) is 11.2 Å². The number of halogens is 1. The minimum Gasteiger partial charge on any atom is -0.391 e. The van der Waals surface area contributed by atoms with Gasteiger partial charge < -0.3 is 5.11 Å². The second-order valence-corrected chi connectivity index (χ2v) is 4.36. The summed E-state index contributed by atoms with van der Waals surface area (Å²) in [6.45, 7) is 0. The summed E-state index contributed by atoms with van der Waals surface area (Å²) in [5, 5.41) is 19.6. The summed E-state index contributed by atoms with van der Waals surface area (Å²) in [4.78, 5) is 0. The fourth-order valence-corrected chi connectivity index (χ4v) is 2.02. The van der Waals surface area contributed by atoms with Gasteiger partial charge in [-0.25, -0.2) is 0 Å². The topological polar surface area (TPSA) is 44.0 Å². The van der Waals surface area contributed by atoms with E-state index in [9.17, 15) is 5.11 Å². The zero-order valence-corrected chi connectivity index (χ0v) is 8.98. The third-order valence-electron chi connectivity index (χ3n) is 2.83. The molecule has 1 N–H and O–H groups in total. The number of hydrogen-bond acceptors (Lipinski definition) is 2. The highest BCUT2D eigenvalue weighted by Gasteiger charge is 2.36. The molecular formula is C12H12ClNO. The van der Waals surface area contributed by atoms with Crippen molar-refractivity contribution in [1.82, 2.24) is 0 Å². The third-order valence-corrected chi connectivity index (χ3v) is 3.17. The summed E-state index contributed by atoms with van der Waals surface area (Å²) in [6.07, 6.45) is 1.46. The molecule has 0 radical (unpaired) electrons. The number of hydrogen-bond donors (Lipinski definition) is 1. The molecule has 1 aromatic carbocycles. The van der Waals surface area contributed by atoms with Crippen molar-refractivity contribution in [2.75, 3.05) is 0 Å². The number of nitriles is 1. The minimum absolute atomic E-state index is 0.283. The molecule has 0 heterocycles. The number of aliphatic hydroxyl groups is 1. The van der Waals surface area contributed by atoms with Gasteiger partial charge in [-0.3, -0.25) is 0 Å². The van der Waals surface area contributed by atoms with Crippen molar-refractivity contribution in [3.63, 3.8) is 0 Å². The van der Waals surface area contributed by atoms with Crippen LogP contribution in [0.25, 0.3) is 0 Å². The van der Waals surface area contributed by atoms with Gasteiger partial charge in [0.15, 0.2) is 0 Å². The van der Waals surface area contributed by atoms with Gasteiger partial charge >= 0.3 is 0 Å².